The number of rotatable bonds is 6. The standard InChI is InChI=1S/C12H21BN2O3/c1-14-7-5-10(6-8-14)3-2-4-11(16)15(13)9-12(17)18/h10H,2-9H2,1H3,(H,17,18). The topological polar surface area (TPSA) is 60.9 Å². The highest BCUT2D eigenvalue weighted by Crippen LogP contribution is 2.21. The van der Waals surface area contributed by atoms with E-state index in [1.165, 1.54) is 12.8 Å². The molecule has 2 radical (unpaired) electrons. The van der Waals surface area contributed by atoms with Crippen LogP contribution in [0.3, 0.4) is 0 Å². The van der Waals surface area contributed by atoms with E-state index in [9.17, 15) is 9.59 Å². The molecule has 1 saturated heterocycles. The number of likely N-dealkylation sites (tertiary alicyclic amines) is 1. The van der Waals surface area contributed by atoms with Crippen molar-refractivity contribution in [2.45, 2.75) is 32.1 Å². The molecule has 1 aliphatic heterocycles. The zero-order valence-electron chi connectivity index (χ0n) is 11.0. The van der Waals surface area contributed by atoms with Gasteiger partial charge in [0.05, 0.1) is 0 Å². The van der Waals surface area contributed by atoms with Gasteiger partial charge in [0.1, 0.15) is 6.54 Å². The van der Waals surface area contributed by atoms with Gasteiger partial charge in [0.2, 0.25) is 13.9 Å². The molecule has 5 nitrogen and oxygen atoms in total. The van der Waals surface area contributed by atoms with Crippen molar-refractivity contribution in [3.8, 4) is 0 Å². The number of amides is 1. The highest BCUT2D eigenvalue weighted by molar-refractivity contribution is 6.15. The van der Waals surface area contributed by atoms with Crippen molar-refractivity contribution >= 4 is 19.9 Å². The Morgan fingerprint density at radius 2 is 2.00 bits per heavy atom. The first-order valence-electron chi connectivity index (χ1n) is 6.44. The van der Waals surface area contributed by atoms with Crippen LogP contribution in [0.15, 0.2) is 0 Å². The molecule has 100 valence electrons. The van der Waals surface area contributed by atoms with Gasteiger partial charge in [0.15, 0.2) is 0 Å². The van der Waals surface area contributed by atoms with Crippen LogP contribution in [0.2, 0.25) is 0 Å². The molecule has 0 aromatic rings. The minimum Gasteiger partial charge on any atom is -0.480 e. The number of hydrogen-bond acceptors (Lipinski definition) is 3. The van der Waals surface area contributed by atoms with E-state index in [4.69, 9.17) is 13.1 Å². The molecule has 1 fully saturated rings. The van der Waals surface area contributed by atoms with Gasteiger partial charge in [-0.25, -0.2) is 0 Å². The first-order valence-corrected chi connectivity index (χ1v) is 6.44. The monoisotopic (exact) mass is 252 g/mol. The molecule has 0 saturated carbocycles. The SMILES string of the molecule is [B]N(CC(=O)O)C(=O)CCCC1CCN(C)CC1. The van der Waals surface area contributed by atoms with Gasteiger partial charge in [-0.1, -0.05) is 0 Å². The van der Waals surface area contributed by atoms with E-state index in [0.717, 1.165) is 30.7 Å². The number of piperidine rings is 1. The molecule has 1 N–H and O–H groups in total. The molecule has 18 heavy (non-hydrogen) atoms. The lowest BCUT2D eigenvalue weighted by atomic mass is 9.91. The number of carboxylic acid groups (broad SMARTS) is 1. The third-order valence-electron chi connectivity index (χ3n) is 3.47. The average molecular weight is 252 g/mol. The summed E-state index contributed by atoms with van der Waals surface area (Å²) in [5, 5.41) is 8.51. The molecule has 0 aliphatic carbocycles. The third-order valence-corrected chi connectivity index (χ3v) is 3.47. The first kappa shape index (κ1) is 15.0. The normalized spacial score (nSPS) is 17.6. The fourth-order valence-corrected chi connectivity index (χ4v) is 2.27. The Morgan fingerprint density at radius 1 is 1.39 bits per heavy atom. The van der Waals surface area contributed by atoms with Gasteiger partial charge in [-0.2, -0.15) is 0 Å². The van der Waals surface area contributed by atoms with E-state index >= 15 is 0 Å². The second-order valence-corrected chi connectivity index (χ2v) is 5.05. The van der Waals surface area contributed by atoms with Crippen LogP contribution in [0.1, 0.15) is 32.1 Å². The summed E-state index contributed by atoms with van der Waals surface area (Å²) in [5.74, 6) is -0.675. The Morgan fingerprint density at radius 3 is 2.56 bits per heavy atom. The molecule has 0 spiro atoms. The van der Waals surface area contributed by atoms with Crippen LogP contribution in [-0.2, 0) is 9.59 Å². The van der Waals surface area contributed by atoms with Crippen LogP contribution in [-0.4, -0.2) is 61.4 Å². The van der Waals surface area contributed by atoms with Gasteiger partial charge in [-0.05, 0) is 51.7 Å². The van der Waals surface area contributed by atoms with Crippen LogP contribution in [0.5, 0.6) is 0 Å². The fraction of sp³-hybridized carbons (Fsp3) is 0.833. The van der Waals surface area contributed by atoms with Crippen molar-refractivity contribution in [2.24, 2.45) is 5.92 Å². The molecule has 1 aliphatic rings. The predicted octanol–water partition coefficient (Wildman–Crippen LogP) is 0.495. The molecule has 0 bridgehead atoms. The molecular weight excluding hydrogens is 231 g/mol. The average Bonchev–Trinajstić information content (AvgIpc) is 2.30. The Bertz CT molecular complexity index is 291. The van der Waals surface area contributed by atoms with Crippen molar-refractivity contribution in [3.05, 3.63) is 0 Å². The van der Waals surface area contributed by atoms with E-state index in [2.05, 4.69) is 11.9 Å². The van der Waals surface area contributed by atoms with Gasteiger partial charge in [0, 0.05) is 6.42 Å². The lowest BCUT2D eigenvalue weighted by molar-refractivity contribution is -0.141. The lowest BCUT2D eigenvalue weighted by Crippen LogP contribution is -2.33. The maximum Gasteiger partial charge on any atom is 0.321 e. The highest BCUT2D eigenvalue weighted by Gasteiger charge is 2.17. The Balaban J connectivity index is 2.13. The molecule has 1 amide bonds. The van der Waals surface area contributed by atoms with Gasteiger partial charge >= 0.3 is 5.97 Å². The summed E-state index contributed by atoms with van der Waals surface area (Å²) in [5.41, 5.74) is 0. The van der Waals surface area contributed by atoms with Gasteiger partial charge in [-0.3, -0.25) is 9.59 Å². The number of carbonyl (C=O) groups is 2. The lowest BCUT2D eigenvalue weighted by Gasteiger charge is -2.28. The summed E-state index contributed by atoms with van der Waals surface area (Å²) in [7, 11) is 7.47. The number of nitrogens with zero attached hydrogens (tertiary/aromatic N) is 2. The molecule has 6 heteroatoms. The van der Waals surface area contributed by atoms with Crippen LogP contribution in [0.25, 0.3) is 0 Å². The molecule has 0 aromatic carbocycles. The summed E-state index contributed by atoms with van der Waals surface area (Å²) >= 11 is 0. The summed E-state index contributed by atoms with van der Waals surface area (Å²) in [6.07, 6.45) is 4.54. The van der Waals surface area contributed by atoms with Gasteiger partial charge in [-0.15, -0.1) is 0 Å². The van der Waals surface area contributed by atoms with E-state index in [1.807, 2.05) is 0 Å². The Kier molecular flexibility index (Phi) is 6.19. The fourth-order valence-electron chi connectivity index (χ4n) is 2.27. The minimum atomic E-state index is -1.08. The zero-order valence-corrected chi connectivity index (χ0v) is 11.0. The first-order chi connectivity index (χ1) is 8.49. The molecule has 1 heterocycles. The second kappa shape index (κ2) is 7.41. The number of carboxylic acids is 1. The van der Waals surface area contributed by atoms with E-state index < -0.39 is 12.5 Å². The highest BCUT2D eigenvalue weighted by atomic mass is 16.4. The third kappa shape index (κ3) is 5.53. The van der Waals surface area contributed by atoms with Crippen molar-refractivity contribution in [1.29, 1.82) is 0 Å². The van der Waals surface area contributed by atoms with Crippen molar-refractivity contribution in [3.63, 3.8) is 0 Å². The predicted molar refractivity (Wildman–Crippen MR) is 69.2 cm³/mol. The summed E-state index contributed by atoms with van der Waals surface area (Å²) < 4.78 is 0. The van der Waals surface area contributed by atoms with Crippen molar-refractivity contribution < 1.29 is 14.7 Å². The summed E-state index contributed by atoms with van der Waals surface area (Å²) in [6, 6.07) is 0. The van der Waals surface area contributed by atoms with Crippen LogP contribution >= 0.6 is 0 Å². The maximum atomic E-state index is 11.5. The van der Waals surface area contributed by atoms with Crippen LogP contribution in [0, 0.1) is 5.92 Å². The van der Waals surface area contributed by atoms with Crippen molar-refractivity contribution in [1.82, 2.24) is 9.71 Å². The maximum absolute atomic E-state index is 11.5. The van der Waals surface area contributed by atoms with Crippen LogP contribution < -0.4 is 0 Å². The number of aliphatic carboxylic acids is 1. The Labute approximate surface area is 110 Å². The zero-order chi connectivity index (χ0) is 13.5. The largest absolute Gasteiger partial charge is 0.480 e. The Hall–Kier alpha value is -1.04. The number of hydrogen-bond donors (Lipinski definition) is 1. The molecule has 0 aromatic heterocycles. The van der Waals surface area contributed by atoms with E-state index in [0.29, 0.717) is 12.3 Å². The van der Waals surface area contributed by atoms with Gasteiger partial charge in [0.25, 0.3) is 0 Å². The molecule has 0 atom stereocenters. The van der Waals surface area contributed by atoms with Crippen molar-refractivity contribution in [2.75, 3.05) is 26.7 Å². The number of carbonyl (C=O) groups excluding carboxylic acids is 1. The minimum absolute atomic E-state index is 0.287. The van der Waals surface area contributed by atoms with Crippen LogP contribution in [0.4, 0.5) is 0 Å². The van der Waals surface area contributed by atoms with E-state index in [1.54, 1.807) is 0 Å². The quantitative estimate of drug-likeness (QED) is 0.699. The second-order valence-electron chi connectivity index (χ2n) is 5.05. The molecule has 0 unspecified atom stereocenters. The molecular formula is C12H21BN2O3. The van der Waals surface area contributed by atoms with Gasteiger partial charge < -0.3 is 14.8 Å². The van der Waals surface area contributed by atoms with E-state index in [-0.39, 0.29) is 5.91 Å². The molecule has 1 rings (SSSR count). The summed E-state index contributed by atoms with van der Waals surface area (Å²) in [6.45, 7) is 1.83. The summed E-state index contributed by atoms with van der Waals surface area (Å²) in [4.78, 5) is 25.0. The smallest absolute Gasteiger partial charge is 0.321 e.